The summed E-state index contributed by atoms with van der Waals surface area (Å²) in [6.45, 7) is 0. The van der Waals surface area contributed by atoms with E-state index in [1.807, 2.05) is 60.0 Å². The number of carbonyl (C=O) groups is 1. The number of amides is 1. The Kier molecular flexibility index (Phi) is 5.64. The first-order valence-electron chi connectivity index (χ1n) is 8.73. The van der Waals surface area contributed by atoms with E-state index in [-0.39, 0.29) is 5.91 Å². The molecule has 2 heterocycles. The fourth-order valence-electron chi connectivity index (χ4n) is 2.73. The number of thioether (sulfide) groups is 1. The van der Waals surface area contributed by atoms with Gasteiger partial charge >= 0.3 is 0 Å². The van der Waals surface area contributed by atoms with Crippen LogP contribution in [0.3, 0.4) is 0 Å². The number of anilines is 1. The molecule has 0 radical (unpaired) electrons. The zero-order chi connectivity index (χ0) is 19.3. The van der Waals surface area contributed by atoms with Crippen LogP contribution >= 0.6 is 23.1 Å². The van der Waals surface area contributed by atoms with Gasteiger partial charge in [0, 0.05) is 27.8 Å². The van der Waals surface area contributed by atoms with Crippen molar-refractivity contribution in [3.63, 3.8) is 0 Å². The molecule has 2 aromatic heterocycles. The Hall–Kier alpha value is -2.77. The third-order valence-corrected chi connectivity index (χ3v) is 5.84. The molecular formula is C21H18N2O3S2. The fourth-order valence-corrected chi connectivity index (χ4v) is 4.32. The van der Waals surface area contributed by atoms with Gasteiger partial charge in [-0.3, -0.25) is 4.79 Å². The van der Waals surface area contributed by atoms with Crippen molar-refractivity contribution >= 4 is 45.1 Å². The molecule has 0 atom stereocenters. The van der Waals surface area contributed by atoms with Crippen LogP contribution in [0.25, 0.3) is 22.4 Å². The lowest BCUT2D eigenvalue weighted by Gasteiger charge is -2.02. The molecule has 0 saturated heterocycles. The van der Waals surface area contributed by atoms with Crippen LogP contribution in [0, 0.1) is 0 Å². The third-order valence-electron chi connectivity index (χ3n) is 4.07. The molecule has 0 aliphatic rings. The second kappa shape index (κ2) is 8.50. The van der Waals surface area contributed by atoms with E-state index >= 15 is 0 Å². The largest absolute Gasteiger partial charge is 0.493 e. The number of aromatic nitrogens is 1. The van der Waals surface area contributed by atoms with Crippen molar-refractivity contribution in [1.82, 2.24) is 4.98 Å². The van der Waals surface area contributed by atoms with Crippen molar-refractivity contribution < 1.29 is 13.9 Å². The molecule has 4 rings (SSSR count). The van der Waals surface area contributed by atoms with Gasteiger partial charge < -0.3 is 14.5 Å². The first kappa shape index (κ1) is 18.6. The van der Waals surface area contributed by atoms with Crippen molar-refractivity contribution in [2.75, 3.05) is 18.2 Å². The summed E-state index contributed by atoms with van der Waals surface area (Å²) < 4.78 is 11.2. The van der Waals surface area contributed by atoms with Gasteiger partial charge in [0.25, 0.3) is 0 Å². The first-order valence-corrected chi connectivity index (χ1v) is 10.6. The normalized spacial score (nSPS) is 10.9. The molecule has 0 unspecified atom stereocenters. The number of methoxy groups -OCH3 is 1. The topological polar surface area (TPSA) is 64.4 Å². The monoisotopic (exact) mass is 410 g/mol. The number of ether oxygens (including phenoxy) is 1. The molecule has 0 aliphatic carbocycles. The summed E-state index contributed by atoms with van der Waals surface area (Å²) in [5, 5.41) is 6.25. The van der Waals surface area contributed by atoms with E-state index in [0.717, 1.165) is 16.0 Å². The number of para-hydroxylation sites is 1. The standard InChI is InChI=1S/C21H18N2O3S2/c1-25-17-9-5-6-14-12-18(26-20(14)17)16-13-28-21(22-16)23-19(24)10-11-27-15-7-3-2-4-8-15/h2-9,12-13H,10-11H2,1H3,(H,22,23,24). The zero-order valence-electron chi connectivity index (χ0n) is 15.2. The molecule has 0 fully saturated rings. The molecule has 5 nitrogen and oxygen atoms in total. The molecule has 28 heavy (non-hydrogen) atoms. The van der Waals surface area contributed by atoms with Crippen molar-refractivity contribution in [2.45, 2.75) is 11.3 Å². The van der Waals surface area contributed by atoms with Gasteiger partial charge in [-0.2, -0.15) is 0 Å². The van der Waals surface area contributed by atoms with Crippen LogP contribution in [-0.4, -0.2) is 23.8 Å². The maximum atomic E-state index is 12.2. The predicted octanol–water partition coefficient (Wildman–Crippen LogP) is 5.69. The molecule has 0 saturated carbocycles. The summed E-state index contributed by atoms with van der Waals surface area (Å²) in [5.74, 6) is 2.01. The number of benzene rings is 2. The zero-order valence-corrected chi connectivity index (χ0v) is 16.8. The Balaban J connectivity index is 1.38. The lowest BCUT2D eigenvalue weighted by Crippen LogP contribution is -2.11. The highest BCUT2D eigenvalue weighted by atomic mass is 32.2. The lowest BCUT2D eigenvalue weighted by atomic mass is 10.2. The van der Waals surface area contributed by atoms with Gasteiger partial charge in [0.05, 0.1) is 7.11 Å². The highest BCUT2D eigenvalue weighted by molar-refractivity contribution is 7.99. The minimum absolute atomic E-state index is 0.0457. The van der Waals surface area contributed by atoms with Gasteiger partial charge in [0.15, 0.2) is 22.2 Å². The van der Waals surface area contributed by atoms with Crippen molar-refractivity contribution in [3.8, 4) is 17.2 Å². The van der Waals surface area contributed by atoms with Crippen LogP contribution in [0.1, 0.15) is 6.42 Å². The smallest absolute Gasteiger partial charge is 0.226 e. The van der Waals surface area contributed by atoms with E-state index in [1.165, 1.54) is 11.3 Å². The van der Waals surface area contributed by atoms with Crippen LogP contribution in [0.2, 0.25) is 0 Å². The molecule has 0 bridgehead atoms. The highest BCUT2D eigenvalue weighted by Gasteiger charge is 2.14. The average molecular weight is 411 g/mol. The van der Waals surface area contributed by atoms with Gasteiger partial charge in [-0.1, -0.05) is 30.3 Å². The first-order chi connectivity index (χ1) is 13.7. The SMILES string of the molecule is COc1cccc2cc(-c3csc(NC(=O)CCSc4ccccc4)n3)oc12. The van der Waals surface area contributed by atoms with E-state index < -0.39 is 0 Å². The predicted molar refractivity (Wildman–Crippen MR) is 114 cm³/mol. The van der Waals surface area contributed by atoms with Gasteiger partial charge in [0.1, 0.15) is 5.69 Å². The van der Waals surface area contributed by atoms with Crippen LogP contribution in [-0.2, 0) is 4.79 Å². The van der Waals surface area contributed by atoms with E-state index in [4.69, 9.17) is 9.15 Å². The van der Waals surface area contributed by atoms with Gasteiger partial charge in [-0.15, -0.1) is 23.1 Å². The number of rotatable bonds is 7. The Bertz CT molecular complexity index is 1090. The minimum Gasteiger partial charge on any atom is -0.493 e. The molecule has 2 aromatic carbocycles. The van der Waals surface area contributed by atoms with E-state index in [2.05, 4.69) is 10.3 Å². The number of nitrogens with zero attached hydrogens (tertiary/aromatic N) is 1. The summed E-state index contributed by atoms with van der Waals surface area (Å²) in [7, 11) is 1.61. The van der Waals surface area contributed by atoms with Crippen LogP contribution in [0.4, 0.5) is 5.13 Å². The Labute approximate surface area is 170 Å². The molecule has 142 valence electrons. The Morgan fingerprint density at radius 3 is 2.89 bits per heavy atom. The van der Waals surface area contributed by atoms with E-state index in [9.17, 15) is 4.79 Å². The maximum Gasteiger partial charge on any atom is 0.226 e. The summed E-state index contributed by atoms with van der Waals surface area (Å²) in [4.78, 5) is 17.8. The number of hydrogen-bond donors (Lipinski definition) is 1. The summed E-state index contributed by atoms with van der Waals surface area (Å²) in [6.07, 6.45) is 0.427. The molecule has 4 aromatic rings. The molecule has 1 amide bonds. The fraction of sp³-hybridized carbons (Fsp3) is 0.143. The summed E-state index contributed by atoms with van der Waals surface area (Å²) in [6, 6.07) is 17.7. The van der Waals surface area contributed by atoms with Gasteiger partial charge in [0.2, 0.25) is 5.91 Å². The van der Waals surface area contributed by atoms with Crippen molar-refractivity contribution in [1.29, 1.82) is 0 Å². The summed E-state index contributed by atoms with van der Waals surface area (Å²) >= 11 is 3.04. The number of thiazole rings is 1. The highest BCUT2D eigenvalue weighted by Crippen LogP contribution is 2.34. The van der Waals surface area contributed by atoms with Gasteiger partial charge in [-0.05, 0) is 24.3 Å². The molecule has 1 N–H and O–H groups in total. The second-order valence-corrected chi connectivity index (χ2v) is 8.01. The molecule has 0 aliphatic heterocycles. The van der Waals surface area contributed by atoms with E-state index in [1.54, 1.807) is 18.9 Å². The van der Waals surface area contributed by atoms with Gasteiger partial charge in [-0.25, -0.2) is 4.98 Å². The van der Waals surface area contributed by atoms with Crippen molar-refractivity contribution in [3.05, 3.63) is 60.0 Å². The number of fused-ring (bicyclic) bond motifs is 1. The van der Waals surface area contributed by atoms with Crippen molar-refractivity contribution in [2.24, 2.45) is 0 Å². The number of furan rings is 1. The van der Waals surface area contributed by atoms with Crippen LogP contribution in [0.5, 0.6) is 5.75 Å². The number of carbonyl (C=O) groups excluding carboxylic acids is 1. The molecule has 0 spiro atoms. The van der Waals surface area contributed by atoms with E-state index in [0.29, 0.717) is 34.3 Å². The molecular weight excluding hydrogens is 392 g/mol. The lowest BCUT2D eigenvalue weighted by molar-refractivity contribution is -0.115. The van der Waals surface area contributed by atoms with Crippen LogP contribution in [0.15, 0.2) is 69.3 Å². The maximum absolute atomic E-state index is 12.2. The third kappa shape index (κ3) is 4.21. The summed E-state index contributed by atoms with van der Waals surface area (Å²) in [5.41, 5.74) is 1.38. The Morgan fingerprint density at radius 2 is 2.07 bits per heavy atom. The second-order valence-electron chi connectivity index (χ2n) is 5.99. The number of nitrogens with one attached hydrogen (secondary N) is 1. The number of hydrogen-bond acceptors (Lipinski definition) is 6. The Morgan fingerprint density at radius 1 is 1.21 bits per heavy atom. The van der Waals surface area contributed by atoms with Crippen LogP contribution < -0.4 is 10.1 Å². The minimum atomic E-state index is -0.0457. The average Bonchev–Trinajstić information content (AvgIpc) is 3.35. The molecule has 7 heteroatoms. The quantitative estimate of drug-likeness (QED) is 0.397.